The fourth-order valence-corrected chi connectivity index (χ4v) is 3.49. The summed E-state index contributed by atoms with van der Waals surface area (Å²) in [5.41, 5.74) is 0.962. The summed E-state index contributed by atoms with van der Waals surface area (Å²) in [4.78, 5) is 24.8. The van der Waals surface area contributed by atoms with Crippen LogP contribution in [-0.4, -0.2) is 38.2 Å². The zero-order valence-electron chi connectivity index (χ0n) is 16.4. The molecule has 0 saturated carbocycles. The number of hydrogen-bond acceptors (Lipinski definition) is 4. The molecule has 1 saturated heterocycles. The van der Waals surface area contributed by atoms with Crippen molar-refractivity contribution in [3.05, 3.63) is 59.9 Å². The van der Waals surface area contributed by atoms with Gasteiger partial charge in [0.05, 0.1) is 12.3 Å². The minimum absolute atomic E-state index is 0.265. The van der Waals surface area contributed by atoms with Crippen molar-refractivity contribution in [2.24, 2.45) is 0 Å². The quantitative estimate of drug-likeness (QED) is 0.731. The van der Waals surface area contributed by atoms with Gasteiger partial charge in [-0.1, -0.05) is 24.3 Å². The molecule has 0 radical (unpaired) electrons. The molecule has 1 heterocycles. The number of carbonyl (C=O) groups excluding carboxylic acids is 2. The Hall–Kier alpha value is -2.93. The number of halogens is 1. The third-order valence-corrected chi connectivity index (χ3v) is 5.14. The Kier molecular flexibility index (Phi) is 6.82. The second-order valence-electron chi connectivity index (χ2n) is 6.97. The van der Waals surface area contributed by atoms with Crippen molar-refractivity contribution < 1.29 is 23.5 Å². The molecule has 7 heteroatoms. The molecule has 6 nitrogen and oxygen atoms in total. The Balaban J connectivity index is 1.67. The Bertz CT molecular complexity index is 848. The Labute approximate surface area is 169 Å². The van der Waals surface area contributed by atoms with Gasteiger partial charge in [-0.05, 0) is 49.6 Å². The van der Waals surface area contributed by atoms with Crippen molar-refractivity contribution in [3.63, 3.8) is 0 Å². The first-order valence-corrected chi connectivity index (χ1v) is 9.69. The summed E-state index contributed by atoms with van der Waals surface area (Å²) in [5.74, 6) is -1.31. The van der Waals surface area contributed by atoms with Gasteiger partial charge >= 0.3 is 11.8 Å². The van der Waals surface area contributed by atoms with Crippen LogP contribution in [0.5, 0.6) is 5.75 Å². The van der Waals surface area contributed by atoms with Crippen LogP contribution in [-0.2, 0) is 19.7 Å². The van der Waals surface area contributed by atoms with Gasteiger partial charge in [-0.2, -0.15) is 0 Å². The molecule has 0 aromatic heterocycles. The maximum absolute atomic E-state index is 13.3. The van der Waals surface area contributed by atoms with Gasteiger partial charge in [0.2, 0.25) is 0 Å². The van der Waals surface area contributed by atoms with E-state index in [9.17, 15) is 14.0 Å². The van der Waals surface area contributed by atoms with Crippen molar-refractivity contribution in [2.45, 2.75) is 25.2 Å². The summed E-state index contributed by atoms with van der Waals surface area (Å²) in [6, 6.07) is 13.2. The normalized spacial score (nSPS) is 15.4. The minimum Gasteiger partial charge on any atom is -0.492 e. The second-order valence-corrected chi connectivity index (χ2v) is 6.97. The molecule has 0 bridgehead atoms. The van der Waals surface area contributed by atoms with E-state index in [1.54, 1.807) is 36.4 Å². The molecule has 154 valence electrons. The smallest absolute Gasteiger partial charge is 0.313 e. The first-order chi connectivity index (χ1) is 14.0. The van der Waals surface area contributed by atoms with Crippen LogP contribution in [0, 0.1) is 5.82 Å². The lowest BCUT2D eigenvalue weighted by atomic mass is 9.74. The van der Waals surface area contributed by atoms with Gasteiger partial charge in [0.15, 0.2) is 0 Å². The van der Waals surface area contributed by atoms with E-state index in [1.807, 2.05) is 6.92 Å². The van der Waals surface area contributed by atoms with E-state index in [4.69, 9.17) is 9.47 Å². The number of carbonyl (C=O) groups is 2. The van der Waals surface area contributed by atoms with Gasteiger partial charge in [-0.3, -0.25) is 9.59 Å². The largest absolute Gasteiger partial charge is 0.492 e. The first-order valence-electron chi connectivity index (χ1n) is 9.69. The fraction of sp³-hybridized carbons (Fsp3) is 0.364. The highest BCUT2D eigenvalue weighted by Gasteiger charge is 2.35. The lowest BCUT2D eigenvalue weighted by Gasteiger charge is -2.37. The van der Waals surface area contributed by atoms with Gasteiger partial charge < -0.3 is 20.1 Å². The molecule has 2 aromatic carbocycles. The summed E-state index contributed by atoms with van der Waals surface area (Å²) in [6.07, 6.45) is 1.35. The van der Waals surface area contributed by atoms with Gasteiger partial charge in [0, 0.05) is 25.2 Å². The SMILES string of the molecule is CCOc1ccccc1NC(=O)C(=O)NCC1(c2ccc(F)cc2)CCOCC1. The van der Waals surface area contributed by atoms with Crippen molar-refractivity contribution in [1.82, 2.24) is 5.32 Å². The van der Waals surface area contributed by atoms with Crippen LogP contribution in [0.4, 0.5) is 10.1 Å². The van der Waals surface area contributed by atoms with Gasteiger partial charge in [-0.15, -0.1) is 0 Å². The number of para-hydroxylation sites is 2. The third kappa shape index (κ3) is 5.12. The van der Waals surface area contributed by atoms with Crippen LogP contribution < -0.4 is 15.4 Å². The standard InChI is InChI=1S/C22H25FN2O4/c1-2-29-19-6-4-3-5-18(19)25-21(27)20(26)24-15-22(11-13-28-14-12-22)16-7-9-17(23)10-8-16/h3-10H,2,11-15H2,1H3,(H,24,26)(H,25,27). The van der Waals surface area contributed by atoms with Crippen LogP contribution in [0.2, 0.25) is 0 Å². The van der Waals surface area contributed by atoms with E-state index in [0.29, 0.717) is 44.1 Å². The molecule has 29 heavy (non-hydrogen) atoms. The van der Waals surface area contributed by atoms with Crippen molar-refractivity contribution in [2.75, 3.05) is 31.7 Å². The maximum atomic E-state index is 13.3. The topological polar surface area (TPSA) is 76.7 Å². The lowest BCUT2D eigenvalue weighted by Crippen LogP contribution is -2.47. The molecule has 2 aromatic rings. The number of amides is 2. The Morgan fingerprint density at radius 1 is 1.07 bits per heavy atom. The highest BCUT2D eigenvalue weighted by Crippen LogP contribution is 2.34. The average Bonchev–Trinajstić information content (AvgIpc) is 2.74. The number of rotatable bonds is 6. The summed E-state index contributed by atoms with van der Waals surface area (Å²) in [5, 5.41) is 5.33. The Morgan fingerprint density at radius 2 is 1.76 bits per heavy atom. The van der Waals surface area contributed by atoms with E-state index >= 15 is 0 Å². The molecular formula is C22H25FN2O4. The maximum Gasteiger partial charge on any atom is 0.313 e. The van der Waals surface area contributed by atoms with E-state index < -0.39 is 17.2 Å². The molecular weight excluding hydrogens is 375 g/mol. The zero-order chi connectivity index (χ0) is 20.7. The van der Waals surface area contributed by atoms with Crippen LogP contribution >= 0.6 is 0 Å². The number of anilines is 1. The molecule has 0 unspecified atom stereocenters. The predicted molar refractivity (Wildman–Crippen MR) is 107 cm³/mol. The highest BCUT2D eigenvalue weighted by atomic mass is 19.1. The lowest BCUT2D eigenvalue weighted by molar-refractivity contribution is -0.136. The summed E-state index contributed by atoms with van der Waals surface area (Å²) in [7, 11) is 0. The van der Waals surface area contributed by atoms with Crippen LogP contribution in [0.1, 0.15) is 25.3 Å². The number of ether oxygens (including phenoxy) is 2. The summed E-state index contributed by atoms with van der Waals surface area (Å²) < 4.78 is 24.3. The van der Waals surface area contributed by atoms with Crippen LogP contribution in [0.15, 0.2) is 48.5 Å². The first kappa shape index (κ1) is 20.8. The number of nitrogens with one attached hydrogen (secondary N) is 2. The molecule has 2 N–H and O–H groups in total. The molecule has 1 fully saturated rings. The van der Waals surface area contributed by atoms with Crippen molar-refractivity contribution >= 4 is 17.5 Å². The van der Waals surface area contributed by atoms with Gasteiger partial charge in [0.1, 0.15) is 11.6 Å². The molecule has 0 aliphatic carbocycles. The molecule has 1 aliphatic rings. The third-order valence-electron chi connectivity index (χ3n) is 5.14. The molecule has 0 spiro atoms. The van der Waals surface area contributed by atoms with E-state index in [1.165, 1.54) is 12.1 Å². The van der Waals surface area contributed by atoms with E-state index in [2.05, 4.69) is 10.6 Å². The molecule has 1 aliphatic heterocycles. The molecule has 2 amide bonds. The fourth-order valence-electron chi connectivity index (χ4n) is 3.49. The average molecular weight is 400 g/mol. The summed E-state index contributed by atoms with van der Waals surface area (Å²) in [6.45, 7) is 3.64. The monoisotopic (exact) mass is 400 g/mol. The summed E-state index contributed by atoms with van der Waals surface area (Å²) >= 11 is 0. The van der Waals surface area contributed by atoms with Crippen LogP contribution in [0.25, 0.3) is 0 Å². The predicted octanol–water partition coefficient (Wildman–Crippen LogP) is 3.03. The number of hydrogen-bond donors (Lipinski definition) is 2. The molecule has 0 atom stereocenters. The second kappa shape index (κ2) is 9.52. The number of benzene rings is 2. The van der Waals surface area contributed by atoms with Crippen molar-refractivity contribution in [1.29, 1.82) is 0 Å². The van der Waals surface area contributed by atoms with Gasteiger partial charge in [-0.25, -0.2) is 4.39 Å². The van der Waals surface area contributed by atoms with Gasteiger partial charge in [0.25, 0.3) is 0 Å². The van der Waals surface area contributed by atoms with E-state index in [0.717, 1.165) is 5.56 Å². The van der Waals surface area contributed by atoms with Crippen molar-refractivity contribution in [3.8, 4) is 5.75 Å². The highest BCUT2D eigenvalue weighted by molar-refractivity contribution is 6.39. The molecule has 3 rings (SSSR count). The minimum atomic E-state index is -0.765. The Morgan fingerprint density at radius 3 is 2.45 bits per heavy atom. The van der Waals surface area contributed by atoms with Crippen LogP contribution in [0.3, 0.4) is 0 Å². The zero-order valence-corrected chi connectivity index (χ0v) is 16.4. The van der Waals surface area contributed by atoms with E-state index in [-0.39, 0.29) is 12.4 Å².